The van der Waals surface area contributed by atoms with Gasteiger partial charge in [-0.2, -0.15) is 5.26 Å². The second kappa shape index (κ2) is 4.75. The molecule has 0 spiro atoms. The number of nitrogens with zero attached hydrogens (tertiary/aromatic N) is 1. The predicted molar refractivity (Wildman–Crippen MR) is 76.4 cm³/mol. The van der Waals surface area contributed by atoms with Crippen LogP contribution in [0, 0.1) is 16.7 Å². The first-order valence-electron chi connectivity index (χ1n) is 6.41. The molecule has 3 rings (SSSR count). The Balaban J connectivity index is 1.86. The van der Waals surface area contributed by atoms with Gasteiger partial charge in [-0.3, -0.25) is 0 Å². The number of fused-ring (bicyclic) bond motifs is 1. The summed E-state index contributed by atoms with van der Waals surface area (Å²) in [5.41, 5.74) is 0.0927. The SMILES string of the molecule is N#CCC1(COc2ccc(Cl)c3ccccc23)CC1. The molecule has 19 heavy (non-hydrogen) atoms. The molecule has 0 N–H and O–H groups in total. The molecular weight excluding hydrogens is 258 g/mol. The van der Waals surface area contributed by atoms with Crippen LogP contribution >= 0.6 is 11.6 Å². The highest BCUT2D eigenvalue weighted by molar-refractivity contribution is 6.35. The molecular formula is C16H14ClNO. The van der Waals surface area contributed by atoms with Crippen LogP contribution in [0.4, 0.5) is 0 Å². The molecule has 0 heterocycles. The van der Waals surface area contributed by atoms with Crippen LogP contribution in [0.1, 0.15) is 19.3 Å². The zero-order valence-corrected chi connectivity index (χ0v) is 11.3. The third kappa shape index (κ3) is 2.39. The van der Waals surface area contributed by atoms with E-state index >= 15 is 0 Å². The van der Waals surface area contributed by atoms with Crippen LogP contribution in [0.5, 0.6) is 5.75 Å². The summed E-state index contributed by atoms with van der Waals surface area (Å²) in [6, 6.07) is 14.0. The fourth-order valence-corrected chi connectivity index (χ4v) is 2.54. The molecule has 0 atom stereocenters. The van der Waals surface area contributed by atoms with Crippen molar-refractivity contribution in [2.75, 3.05) is 6.61 Å². The first kappa shape index (κ1) is 12.3. The summed E-state index contributed by atoms with van der Waals surface area (Å²) >= 11 is 6.18. The smallest absolute Gasteiger partial charge is 0.127 e. The predicted octanol–water partition coefficient (Wildman–Crippen LogP) is 4.57. The van der Waals surface area contributed by atoms with Gasteiger partial charge in [0.25, 0.3) is 0 Å². The van der Waals surface area contributed by atoms with E-state index in [0.717, 1.165) is 34.4 Å². The van der Waals surface area contributed by atoms with Crippen LogP contribution in [-0.4, -0.2) is 6.61 Å². The second-order valence-electron chi connectivity index (χ2n) is 5.21. The summed E-state index contributed by atoms with van der Waals surface area (Å²) in [6.45, 7) is 0.617. The van der Waals surface area contributed by atoms with Crippen molar-refractivity contribution < 1.29 is 4.74 Å². The molecule has 1 aliphatic rings. The monoisotopic (exact) mass is 271 g/mol. The third-order valence-corrected chi connectivity index (χ3v) is 4.11. The van der Waals surface area contributed by atoms with Gasteiger partial charge in [-0.05, 0) is 25.0 Å². The number of hydrogen-bond acceptors (Lipinski definition) is 2. The molecule has 2 aromatic rings. The number of nitriles is 1. The second-order valence-corrected chi connectivity index (χ2v) is 5.62. The molecule has 2 aromatic carbocycles. The molecule has 1 fully saturated rings. The maximum absolute atomic E-state index is 8.82. The molecule has 0 aliphatic heterocycles. The Bertz CT molecular complexity index is 655. The van der Waals surface area contributed by atoms with E-state index in [1.807, 2.05) is 36.4 Å². The topological polar surface area (TPSA) is 33.0 Å². The van der Waals surface area contributed by atoms with E-state index in [-0.39, 0.29) is 5.41 Å². The van der Waals surface area contributed by atoms with E-state index in [4.69, 9.17) is 21.6 Å². The normalized spacial score (nSPS) is 16.0. The number of hydrogen-bond donors (Lipinski definition) is 0. The molecule has 0 bridgehead atoms. The lowest BCUT2D eigenvalue weighted by atomic mass is 10.1. The summed E-state index contributed by atoms with van der Waals surface area (Å²) < 4.78 is 5.94. The van der Waals surface area contributed by atoms with Crippen LogP contribution in [0.3, 0.4) is 0 Å². The molecule has 1 aliphatic carbocycles. The molecule has 0 radical (unpaired) electrons. The Morgan fingerprint density at radius 1 is 1.16 bits per heavy atom. The van der Waals surface area contributed by atoms with Crippen molar-refractivity contribution in [3.63, 3.8) is 0 Å². The van der Waals surface area contributed by atoms with Crippen LogP contribution in [0.25, 0.3) is 10.8 Å². The van der Waals surface area contributed by atoms with Crippen LogP contribution in [0.2, 0.25) is 5.02 Å². The van der Waals surface area contributed by atoms with Crippen molar-refractivity contribution in [2.45, 2.75) is 19.3 Å². The van der Waals surface area contributed by atoms with E-state index in [0.29, 0.717) is 13.0 Å². The number of ether oxygens (including phenoxy) is 1. The average Bonchev–Trinajstić information content (AvgIpc) is 3.19. The Hall–Kier alpha value is -1.72. The lowest BCUT2D eigenvalue weighted by Crippen LogP contribution is -2.12. The Morgan fingerprint density at radius 2 is 1.89 bits per heavy atom. The maximum atomic E-state index is 8.82. The Morgan fingerprint density at radius 3 is 2.58 bits per heavy atom. The van der Waals surface area contributed by atoms with Crippen LogP contribution < -0.4 is 4.74 Å². The zero-order chi connectivity index (χ0) is 13.3. The molecule has 96 valence electrons. The van der Waals surface area contributed by atoms with Gasteiger partial charge < -0.3 is 4.74 Å². The van der Waals surface area contributed by atoms with Gasteiger partial charge >= 0.3 is 0 Å². The summed E-state index contributed by atoms with van der Waals surface area (Å²) in [7, 11) is 0. The van der Waals surface area contributed by atoms with Crippen molar-refractivity contribution in [3.8, 4) is 11.8 Å². The highest BCUT2D eigenvalue weighted by atomic mass is 35.5. The van der Waals surface area contributed by atoms with E-state index in [9.17, 15) is 0 Å². The fraction of sp³-hybridized carbons (Fsp3) is 0.312. The molecule has 0 unspecified atom stereocenters. The van der Waals surface area contributed by atoms with Crippen LogP contribution in [0.15, 0.2) is 36.4 Å². The molecule has 0 amide bonds. The van der Waals surface area contributed by atoms with E-state index in [2.05, 4.69) is 6.07 Å². The maximum Gasteiger partial charge on any atom is 0.127 e. The highest BCUT2D eigenvalue weighted by Gasteiger charge is 2.43. The van der Waals surface area contributed by atoms with Gasteiger partial charge in [-0.15, -0.1) is 0 Å². The van der Waals surface area contributed by atoms with Gasteiger partial charge in [0.15, 0.2) is 0 Å². The number of benzene rings is 2. The van der Waals surface area contributed by atoms with Crippen molar-refractivity contribution >= 4 is 22.4 Å². The zero-order valence-electron chi connectivity index (χ0n) is 10.5. The lowest BCUT2D eigenvalue weighted by Gasteiger charge is -2.15. The van der Waals surface area contributed by atoms with Gasteiger partial charge in [0.1, 0.15) is 5.75 Å². The van der Waals surface area contributed by atoms with E-state index in [1.54, 1.807) is 0 Å². The molecule has 3 heteroatoms. The molecule has 0 saturated heterocycles. The standard InChI is InChI=1S/C16H14ClNO/c17-14-5-6-15(13-4-2-1-3-12(13)14)19-11-16(7-8-16)9-10-18/h1-6H,7-9,11H2. The molecule has 2 nitrogen and oxygen atoms in total. The quantitative estimate of drug-likeness (QED) is 0.816. The molecule has 1 saturated carbocycles. The average molecular weight is 272 g/mol. The highest BCUT2D eigenvalue weighted by Crippen LogP contribution is 2.49. The van der Waals surface area contributed by atoms with Gasteiger partial charge in [0.2, 0.25) is 0 Å². The fourth-order valence-electron chi connectivity index (χ4n) is 2.31. The Labute approximate surface area is 117 Å². The van der Waals surface area contributed by atoms with Gasteiger partial charge in [-0.25, -0.2) is 0 Å². The van der Waals surface area contributed by atoms with Gasteiger partial charge in [-0.1, -0.05) is 35.9 Å². The third-order valence-electron chi connectivity index (χ3n) is 3.78. The summed E-state index contributed by atoms with van der Waals surface area (Å²) in [6.07, 6.45) is 2.76. The summed E-state index contributed by atoms with van der Waals surface area (Å²) in [4.78, 5) is 0. The van der Waals surface area contributed by atoms with Crippen molar-refractivity contribution in [1.82, 2.24) is 0 Å². The summed E-state index contributed by atoms with van der Waals surface area (Å²) in [5.74, 6) is 0.851. The van der Waals surface area contributed by atoms with Crippen molar-refractivity contribution in [3.05, 3.63) is 41.4 Å². The first-order chi connectivity index (χ1) is 9.24. The lowest BCUT2D eigenvalue weighted by molar-refractivity contribution is 0.239. The summed E-state index contributed by atoms with van der Waals surface area (Å²) in [5, 5.41) is 11.6. The van der Waals surface area contributed by atoms with Gasteiger partial charge in [0.05, 0.1) is 12.7 Å². The van der Waals surface area contributed by atoms with Crippen molar-refractivity contribution in [2.24, 2.45) is 5.41 Å². The van der Waals surface area contributed by atoms with Gasteiger partial charge in [0, 0.05) is 27.6 Å². The number of rotatable bonds is 4. The van der Waals surface area contributed by atoms with E-state index < -0.39 is 0 Å². The van der Waals surface area contributed by atoms with Crippen molar-refractivity contribution in [1.29, 1.82) is 5.26 Å². The first-order valence-corrected chi connectivity index (χ1v) is 6.79. The van der Waals surface area contributed by atoms with E-state index in [1.165, 1.54) is 0 Å². The number of halogens is 1. The molecule has 0 aromatic heterocycles. The van der Waals surface area contributed by atoms with Crippen LogP contribution in [-0.2, 0) is 0 Å². The minimum absolute atomic E-state index is 0.0927. The minimum atomic E-state index is 0.0927. The minimum Gasteiger partial charge on any atom is -0.492 e. The largest absolute Gasteiger partial charge is 0.492 e. The Kier molecular flexibility index (Phi) is 3.08.